The van der Waals surface area contributed by atoms with E-state index >= 15 is 0 Å². The van der Waals surface area contributed by atoms with Crippen molar-refractivity contribution in [1.29, 1.82) is 0 Å². The van der Waals surface area contributed by atoms with E-state index in [0.717, 1.165) is 29.6 Å². The molecule has 1 saturated carbocycles. The number of hydrogen-bond acceptors (Lipinski definition) is 7. The van der Waals surface area contributed by atoms with Gasteiger partial charge in [0.1, 0.15) is 0 Å². The molecule has 0 spiro atoms. The van der Waals surface area contributed by atoms with Gasteiger partial charge in [-0.3, -0.25) is 0 Å². The fraction of sp³-hybridized carbons (Fsp3) is 0.522. The summed E-state index contributed by atoms with van der Waals surface area (Å²) in [6.45, 7) is 5.88. The van der Waals surface area contributed by atoms with Crippen molar-refractivity contribution in [3.8, 4) is 0 Å². The van der Waals surface area contributed by atoms with Crippen LogP contribution < -0.4 is 16.4 Å². The number of halogens is 1. The summed E-state index contributed by atoms with van der Waals surface area (Å²) in [7, 11) is 0. The maximum atomic E-state index is 10.4. The fourth-order valence-corrected chi connectivity index (χ4v) is 4.21. The standard InChI is InChI=1S/C23H32ClN7O/c1-14(23(2,3)32)28-22-29-20(26-12-15-8-7-11-17(24)18(15)25)19-21(30-22)31(13-27-19)16-9-5-4-6-10-16/h7-8,11,13-14,16,32H,4-6,9-10,12,25H2,1-3H3,(H2,26,28,29,30). The molecule has 0 radical (unpaired) electrons. The predicted molar refractivity (Wildman–Crippen MR) is 130 cm³/mol. The number of nitrogen functional groups attached to an aromatic ring is 1. The van der Waals surface area contributed by atoms with Crippen molar-refractivity contribution in [2.75, 3.05) is 16.4 Å². The SMILES string of the molecule is CC(Nc1nc(NCc2cccc(Cl)c2N)c2ncn(C3CCCCC3)c2n1)C(C)(C)O. The van der Waals surface area contributed by atoms with Gasteiger partial charge in [0.2, 0.25) is 5.95 Å². The lowest BCUT2D eigenvalue weighted by Crippen LogP contribution is -2.39. The third-order valence-electron chi connectivity index (χ3n) is 6.38. The minimum absolute atomic E-state index is 0.248. The van der Waals surface area contributed by atoms with Crippen LogP contribution in [0.1, 0.15) is 64.5 Å². The average molecular weight is 458 g/mol. The Morgan fingerprint density at radius 3 is 2.72 bits per heavy atom. The Bertz CT molecular complexity index is 1090. The number of hydrogen-bond donors (Lipinski definition) is 4. The van der Waals surface area contributed by atoms with Gasteiger partial charge in [-0.2, -0.15) is 9.97 Å². The fourth-order valence-electron chi connectivity index (χ4n) is 4.02. The lowest BCUT2D eigenvalue weighted by atomic mass is 9.95. The van der Waals surface area contributed by atoms with Crippen LogP contribution in [0.5, 0.6) is 0 Å². The molecule has 2 heterocycles. The minimum Gasteiger partial charge on any atom is -0.397 e. The Kier molecular flexibility index (Phi) is 6.44. The van der Waals surface area contributed by atoms with E-state index in [2.05, 4.69) is 25.2 Å². The van der Waals surface area contributed by atoms with Crippen LogP contribution in [0.3, 0.4) is 0 Å². The zero-order valence-electron chi connectivity index (χ0n) is 18.9. The summed E-state index contributed by atoms with van der Waals surface area (Å²) in [5, 5.41) is 17.5. The van der Waals surface area contributed by atoms with Gasteiger partial charge in [0, 0.05) is 12.6 Å². The van der Waals surface area contributed by atoms with Gasteiger partial charge < -0.3 is 26.0 Å². The summed E-state index contributed by atoms with van der Waals surface area (Å²) < 4.78 is 2.18. The highest BCUT2D eigenvalue weighted by Crippen LogP contribution is 2.32. The van der Waals surface area contributed by atoms with Crippen molar-refractivity contribution in [2.24, 2.45) is 0 Å². The number of nitrogens with one attached hydrogen (secondary N) is 2. The normalized spacial score (nSPS) is 16.3. The van der Waals surface area contributed by atoms with Gasteiger partial charge in [-0.05, 0) is 45.2 Å². The molecule has 3 aromatic rings. The van der Waals surface area contributed by atoms with E-state index in [4.69, 9.17) is 22.3 Å². The van der Waals surface area contributed by atoms with Crippen LogP contribution in [0, 0.1) is 0 Å². The number of rotatable bonds is 7. The number of benzene rings is 1. The van der Waals surface area contributed by atoms with E-state index in [1.54, 1.807) is 19.9 Å². The Hall–Kier alpha value is -2.58. The smallest absolute Gasteiger partial charge is 0.227 e. The van der Waals surface area contributed by atoms with Gasteiger partial charge in [0.15, 0.2) is 17.0 Å². The Labute approximate surface area is 193 Å². The molecule has 1 aromatic carbocycles. The van der Waals surface area contributed by atoms with Crippen LogP contribution in [0.2, 0.25) is 5.02 Å². The second-order valence-corrected chi connectivity index (χ2v) is 9.60. The van der Waals surface area contributed by atoms with Crippen molar-refractivity contribution in [3.05, 3.63) is 35.1 Å². The van der Waals surface area contributed by atoms with Crippen LogP contribution in [-0.2, 0) is 6.54 Å². The lowest BCUT2D eigenvalue weighted by Gasteiger charge is -2.27. The van der Waals surface area contributed by atoms with Crippen molar-refractivity contribution >= 4 is 40.2 Å². The zero-order valence-corrected chi connectivity index (χ0v) is 19.7. The molecule has 1 aliphatic carbocycles. The molecule has 8 nitrogen and oxygen atoms in total. The van der Waals surface area contributed by atoms with Crippen LogP contribution in [0.25, 0.3) is 11.2 Å². The molecule has 0 aliphatic heterocycles. The number of nitrogens with two attached hydrogens (primary N) is 1. The quantitative estimate of drug-likeness (QED) is 0.378. The molecule has 1 fully saturated rings. The molecule has 1 unspecified atom stereocenters. The molecule has 0 saturated heterocycles. The van der Waals surface area contributed by atoms with E-state index in [-0.39, 0.29) is 6.04 Å². The van der Waals surface area contributed by atoms with Crippen molar-refractivity contribution in [3.63, 3.8) is 0 Å². The summed E-state index contributed by atoms with van der Waals surface area (Å²) in [4.78, 5) is 14.1. The predicted octanol–water partition coefficient (Wildman–Crippen LogP) is 4.75. The maximum Gasteiger partial charge on any atom is 0.227 e. The summed E-state index contributed by atoms with van der Waals surface area (Å²) in [5.74, 6) is 1.07. The second kappa shape index (κ2) is 9.11. The van der Waals surface area contributed by atoms with Crippen LogP contribution in [0.15, 0.2) is 24.5 Å². The molecule has 0 amide bonds. The first-order chi connectivity index (χ1) is 15.2. The highest BCUT2D eigenvalue weighted by Gasteiger charge is 2.25. The summed E-state index contributed by atoms with van der Waals surface area (Å²) in [5.41, 5.74) is 8.16. The largest absolute Gasteiger partial charge is 0.397 e. The van der Waals surface area contributed by atoms with Gasteiger partial charge in [0.25, 0.3) is 0 Å². The number of imidazole rings is 1. The number of nitrogens with zero attached hydrogens (tertiary/aromatic N) is 4. The Morgan fingerprint density at radius 1 is 1.25 bits per heavy atom. The molecule has 1 aliphatic rings. The van der Waals surface area contributed by atoms with Gasteiger partial charge in [-0.25, -0.2) is 4.98 Å². The van der Waals surface area contributed by atoms with E-state index in [1.165, 1.54) is 19.3 Å². The third-order valence-corrected chi connectivity index (χ3v) is 6.71. The molecule has 172 valence electrons. The van der Waals surface area contributed by atoms with E-state index in [0.29, 0.717) is 35.1 Å². The molecule has 32 heavy (non-hydrogen) atoms. The molecule has 0 bridgehead atoms. The zero-order chi connectivity index (χ0) is 22.9. The summed E-state index contributed by atoms with van der Waals surface area (Å²) in [6, 6.07) is 5.72. The van der Waals surface area contributed by atoms with E-state index in [9.17, 15) is 5.11 Å². The first-order valence-electron chi connectivity index (χ1n) is 11.2. The number of anilines is 3. The average Bonchev–Trinajstić information content (AvgIpc) is 3.18. The van der Waals surface area contributed by atoms with Crippen molar-refractivity contribution in [2.45, 2.75) is 77.1 Å². The van der Waals surface area contributed by atoms with Crippen LogP contribution in [-0.4, -0.2) is 36.3 Å². The van der Waals surface area contributed by atoms with E-state index in [1.807, 2.05) is 25.4 Å². The van der Waals surface area contributed by atoms with Gasteiger partial charge in [-0.15, -0.1) is 0 Å². The number of aromatic nitrogens is 4. The number of aliphatic hydroxyl groups is 1. The first-order valence-corrected chi connectivity index (χ1v) is 11.6. The molecule has 9 heteroatoms. The Balaban J connectivity index is 1.70. The monoisotopic (exact) mass is 457 g/mol. The number of fused-ring (bicyclic) bond motifs is 1. The molecule has 1 atom stereocenters. The summed E-state index contributed by atoms with van der Waals surface area (Å²) >= 11 is 6.18. The maximum absolute atomic E-state index is 10.4. The highest BCUT2D eigenvalue weighted by atomic mass is 35.5. The van der Waals surface area contributed by atoms with Gasteiger partial charge >= 0.3 is 0 Å². The van der Waals surface area contributed by atoms with Crippen LogP contribution in [0.4, 0.5) is 17.5 Å². The van der Waals surface area contributed by atoms with Crippen molar-refractivity contribution in [1.82, 2.24) is 19.5 Å². The minimum atomic E-state index is -0.926. The number of para-hydroxylation sites is 1. The Morgan fingerprint density at radius 2 is 2.00 bits per heavy atom. The van der Waals surface area contributed by atoms with Crippen LogP contribution >= 0.6 is 11.6 Å². The summed E-state index contributed by atoms with van der Waals surface area (Å²) in [6.07, 6.45) is 7.84. The first kappa shape index (κ1) is 22.6. The van der Waals surface area contributed by atoms with Gasteiger partial charge in [-0.1, -0.05) is 43.0 Å². The van der Waals surface area contributed by atoms with Crippen molar-refractivity contribution < 1.29 is 5.11 Å². The van der Waals surface area contributed by atoms with E-state index < -0.39 is 5.60 Å². The lowest BCUT2D eigenvalue weighted by molar-refractivity contribution is 0.0646. The highest BCUT2D eigenvalue weighted by molar-refractivity contribution is 6.33. The third kappa shape index (κ3) is 4.76. The topological polar surface area (TPSA) is 114 Å². The van der Waals surface area contributed by atoms with Gasteiger partial charge in [0.05, 0.1) is 28.7 Å². The molecule has 2 aromatic heterocycles. The molecule has 5 N–H and O–H groups in total. The second-order valence-electron chi connectivity index (χ2n) is 9.20. The molecule has 4 rings (SSSR count). The molecular weight excluding hydrogens is 426 g/mol. The molecular formula is C23H32ClN7O.